The Morgan fingerprint density at radius 3 is 2.20 bits per heavy atom. The first-order chi connectivity index (χ1) is 9.81. The van der Waals surface area contributed by atoms with Crippen LogP contribution in [0.4, 0.5) is 0 Å². The van der Waals surface area contributed by atoms with Gasteiger partial charge >= 0.3 is 0 Å². The van der Waals surface area contributed by atoms with Crippen LogP contribution in [0.3, 0.4) is 0 Å². The summed E-state index contributed by atoms with van der Waals surface area (Å²) in [5.41, 5.74) is 7.82. The molecule has 1 heteroatoms. The zero-order valence-corrected chi connectivity index (χ0v) is 11.0. The van der Waals surface area contributed by atoms with Gasteiger partial charge in [-0.3, -0.25) is 0 Å². The van der Waals surface area contributed by atoms with Crippen LogP contribution in [-0.2, 0) is 6.42 Å². The van der Waals surface area contributed by atoms with Crippen LogP contribution in [0.15, 0.2) is 66.7 Å². The third-order valence-corrected chi connectivity index (χ3v) is 4.00. The van der Waals surface area contributed by atoms with Crippen molar-refractivity contribution in [1.29, 1.82) is 0 Å². The van der Waals surface area contributed by atoms with E-state index in [0.29, 0.717) is 5.75 Å². The average Bonchev–Trinajstić information content (AvgIpc) is 2.86. The Kier molecular flexibility index (Phi) is 2.40. The molecule has 0 saturated carbocycles. The molecular formula is C19H14O. The summed E-state index contributed by atoms with van der Waals surface area (Å²) in [6.45, 7) is 0. The molecule has 0 saturated heterocycles. The molecule has 0 radical (unpaired) electrons. The summed E-state index contributed by atoms with van der Waals surface area (Å²) in [6, 6.07) is 22.6. The van der Waals surface area contributed by atoms with Gasteiger partial charge in [0.15, 0.2) is 0 Å². The Morgan fingerprint density at radius 2 is 1.35 bits per heavy atom. The molecule has 20 heavy (non-hydrogen) atoms. The topological polar surface area (TPSA) is 20.2 Å². The Bertz CT molecular complexity index is 785. The van der Waals surface area contributed by atoms with E-state index in [1.54, 1.807) is 12.1 Å². The van der Waals surface area contributed by atoms with Crippen LogP contribution < -0.4 is 0 Å². The fourth-order valence-electron chi connectivity index (χ4n) is 2.96. The highest BCUT2D eigenvalue weighted by molar-refractivity contribution is 5.81. The predicted molar refractivity (Wildman–Crippen MR) is 81.8 cm³/mol. The molecule has 0 amide bonds. The van der Waals surface area contributed by atoms with E-state index in [1.165, 1.54) is 27.8 Å². The van der Waals surface area contributed by atoms with Crippen molar-refractivity contribution in [2.45, 2.75) is 6.42 Å². The molecule has 1 nitrogen and oxygen atoms in total. The summed E-state index contributed by atoms with van der Waals surface area (Å²) in [5, 5.41) is 9.39. The lowest BCUT2D eigenvalue weighted by atomic mass is 9.98. The van der Waals surface area contributed by atoms with Crippen LogP contribution in [0.2, 0.25) is 0 Å². The van der Waals surface area contributed by atoms with Gasteiger partial charge in [0.05, 0.1) is 0 Å². The third kappa shape index (κ3) is 1.71. The van der Waals surface area contributed by atoms with E-state index in [1.807, 2.05) is 12.1 Å². The SMILES string of the molecule is Oc1ccc(-c2ccc3c(c2)-c2ccccc2C3)cc1. The molecule has 4 rings (SSSR count). The van der Waals surface area contributed by atoms with Crippen molar-refractivity contribution in [2.75, 3.05) is 0 Å². The van der Waals surface area contributed by atoms with Crippen LogP contribution in [0.5, 0.6) is 5.75 Å². The molecule has 0 bridgehead atoms. The van der Waals surface area contributed by atoms with Gasteiger partial charge in [-0.05, 0) is 58.0 Å². The Labute approximate surface area is 118 Å². The number of aromatic hydroxyl groups is 1. The van der Waals surface area contributed by atoms with Crippen LogP contribution in [-0.4, -0.2) is 5.11 Å². The van der Waals surface area contributed by atoms with Crippen molar-refractivity contribution < 1.29 is 5.11 Å². The summed E-state index contributed by atoms with van der Waals surface area (Å²) in [6.07, 6.45) is 1.03. The third-order valence-electron chi connectivity index (χ3n) is 4.00. The number of rotatable bonds is 1. The van der Waals surface area contributed by atoms with E-state index < -0.39 is 0 Å². The average molecular weight is 258 g/mol. The van der Waals surface area contributed by atoms with E-state index >= 15 is 0 Å². The largest absolute Gasteiger partial charge is 0.508 e. The molecule has 0 atom stereocenters. The number of hydrogen-bond acceptors (Lipinski definition) is 1. The van der Waals surface area contributed by atoms with Crippen molar-refractivity contribution in [3.8, 4) is 28.0 Å². The minimum Gasteiger partial charge on any atom is -0.508 e. The molecule has 0 aliphatic heterocycles. The first kappa shape index (κ1) is 11.3. The maximum absolute atomic E-state index is 9.39. The van der Waals surface area contributed by atoms with Gasteiger partial charge in [-0.2, -0.15) is 0 Å². The lowest BCUT2D eigenvalue weighted by Crippen LogP contribution is -1.82. The van der Waals surface area contributed by atoms with Crippen molar-refractivity contribution in [3.63, 3.8) is 0 Å². The van der Waals surface area contributed by atoms with E-state index in [2.05, 4.69) is 42.5 Å². The first-order valence-corrected chi connectivity index (χ1v) is 6.82. The molecular weight excluding hydrogens is 244 g/mol. The number of phenols is 1. The number of phenolic OH excluding ortho intramolecular Hbond substituents is 1. The summed E-state index contributed by atoms with van der Waals surface area (Å²) >= 11 is 0. The quantitative estimate of drug-likeness (QED) is 0.527. The maximum Gasteiger partial charge on any atom is 0.115 e. The highest BCUT2D eigenvalue weighted by atomic mass is 16.3. The minimum absolute atomic E-state index is 0.306. The lowest BCUT2D eigenvalue weighted by Gasteiger charge is -2.06. The van der Waals surface area contributed by atoms with E-state index in [-0.39, 0.29) is 0 Å². The Morgan fingerprint density at radius 1 is 0.650 bits per heavy atom. The zero-order valence-electron chi connectivity index (χ0n) is 11.0. The molecule has 0 unspecified atom stereocenters. The number of fused-ring (bicyclic) bond motifs is 3. The molecule has 0 spiro atoms. The summed E-state index contributed by atoms with van der Waals surface area (Å²) in [7, 11) is 0. The van der Waals surface area contributed by atoms with Gasteiger partial charge in [-0.15, -0.1) is 0 Å². The van der Waals surface area contributed by atoms with Gasteiger partial charge in [0.25, 0.3) is 0 Å². The van der Waals surface area contributed by atoms with Gasteiger partial charge in [0, 0.05) is 0 Å². The second kappa shape index (κ2) is 4.24. The molecule has 1 aliphatic carbocycles. The highest BCUT2D eigenvalue weighted by Crippen LogP contribution is 2.38. The molecule has 96 valence electrons. The number of hydrogen-bond donors (Lipinski definition) is 1. The molecule has 3 aromatic carbocycles. The molecule has 0 heterocycles. The fourth-order valence-corrected chi connectivity index (χ4v) is 2.96. The maximum atomic E-state index is 9.39. The zero-order chi connectivity index (χ0) is 13.5. The van der Waals surface area contributed by atoms with E-state index in [9.17, 15) is 5.11 Å². The van der Waals surface area contributed by atoms with E-state index in [0.717, 1.165) is 12.0 Å². The van der Waals surface area contributed by atoms with Crippen LogP contribution in [0.25, 0.3) is 22.3 Å². The Balaban J connectivity index is 1.85. The minimum atomic E-state index is 0.306. The second-order valence-electron chi connectivity index (χ2n) is 5.25. The monoisotopic (exact) mass is 258 g/mol. The van der Waals surface area contributed by atoms with Gasteiger partial charge in [-0.25, -0.2) is 0 Å². The Hall–Kier alpha value is -2.54. The van der Waals surface area contributed by atoms with Crippen molar-refractivity contribution in [1.82, 2.24) is 0 Å². The van der Waals surface area contributed by atoms with Crippen LogP contribution >= 0.6 is 0 Å². The molecule has 1 aliphatic rings. The number of benzene rings is 3. The molecule has 0 fully saturated rings. The van der Waals surface area contributed by atoms with Crippen LogP contribution in [0.1, 0.15) is 11.1 Å². The summed E-state index contributed by atoms with van der Waals surface area (Å²) in [5.74, 6) is 0.306. The highest BCUT2D eigenvalue weighted by Gasteiger charge is 2.17. The van der Waals surface area contributed by atoms with Gasteiger partial charge in [0.1, 0.15) is 5.75 Å². The van der Waals surface area contributed by atoms with Crippen molar-refractivity contribution >= 4 is 0 Å². The predicted octanol–water partition coefficient (Wildman–Crippen LogP) is 4.63. The van der Waals surface area contributed by atoms with Crippen molar-refractivity contribution in [3.05, 3.63) is 77.9 Å². The molecule has 0 aromatic heterocycles. The smallest absolute Gasteiger partial charge is 0.115 e. The lowest BCUT2D eigenvalue weighted by molar-refractivity contribution is 0.475. The fraction of sp³-hybridized carbons (Fsp3) is 0.0526. The standard InChI is InChI=1S/C19H14O/c20-17-9-7-13(8-10-17)14-5-6-16-11-15-3-1-2-4-18(15)19(16)12-14/h1-10,12,20H,11H2. The van der Waals surface area contributed by atoms with E-state index in [4.69, 9.17) is 0 Å². The van der Waals surface area contributed by atoms with Gasteiger partial charge in [0.2, 0.25) is 0 Å². The van der Waals surface area contributed by atoms with Crippen molar-refractivity contribution in [2.24, 2.45) is 0 Å². The van der Waals surface area contributed by atoms with Crippen LogP contribution in [0, 0.1) is 0 Å². The summed E-state index contributed by atoms with van der Waals surface area (Å²) < 4.78 is 0. The van der Waals surface area contributed by atoms with Gasteiger partial charge in [-0.1, -0.05) is 48.5 Å². The second-order valence-corrected chi connectivity index (χ2v) is 5.25. The molecule has 1 N–H and O–H groups in total. The normalized spacial score (nSPS) is 12.0. The molecule has 3 aromatic rings. The summed E-state index contributed by atoms with van der Waals surface area (Å²) in [4.78, 5) is 0. The van der Waals surface area contributed by atoms with Gasteiger partial charge < -0.3 is 5.11 Å². The first-order valence-electron chi connectivity index (χ1n) is 6.82.